The van der Waals surface area contributed by atoms with Crippen molar-refractivity contribution >= 4 is 11.9 Å². The second kappa shape index (κ2) is 4.06. The Morgan fingerprint density at radius 3 is 3.00 bits per heavy atom. The molecule has 1 atom stereocenters. The van der Waals surface area contributed by atoms with Gasteiger partial charge in [0.2, 0.25) is 0 Å². The molecule has 1 aromatic rings. The summed E-state index contributed by atoms with van der Waals surface area (Å²) >= 11 is 0. The van der Waals surface area contributed by atoms with Crippen LogP contribution in [0.3, 0.4) is 0 Å². The fourth-order valence-electron chi connectivity index (χ4n) is 3.22. The fraction of sp³-hybridized carbons (Fsp3) is 0.467. The van der Waals surface area contributed by atoms with Gasteiger partial charge < -0.3 is 15.4 Å². The summed E-state index contributed by atoms with van der Waals surface area (Å²) in [6, 6.07) is 7.81. The predicted molar refractivity (Wildman–Crippen MR) is 74.2 cm³/mol. The van der Waals surface area contributed by atoms with Crippen molar-refractivity contribution in [3.05, 3.63) is 35.4 Å². The van der Waals surface area contributed by atoms with E-state index in [-0.39, 0.29) is 6.03 Å². The Morgan fingerprint density at radius 1 is 1.40 bits per heavy atom. The molecule has 2 amide bonds. The summed E-state index contributed by atoms with van der Waals surface area (Å²) in [5.41, 5.74) is 7.62. The molecule has 4 rings (SSSR count). The van der Waals surface area contributed by atoms with Crippen LogP contribution in [0.5, 0.6) is 0 Å². The topological polar surface area (TPSA) is 67.9 Å². The van der Waals surface area contributed by atoms with Gasteiger partial charge in [0.25, 0.3) is 0 Å². The minimum absolute atomic E-state index is 0.227. The number of urea groups is 1. The molecule has 5 nitrogen and oxygen atoms in total. The molecule has 104 valence electrons. The highest BCUT2D eigenvalue weighted by Gasteiger charge is 2.53. The van der Waals surface area contributed by atoms with Gasteiger partial charge in [0.1, 0.15) is 5.84 Å². The lowest BCUT2D eigenvalue weighted by atomic mass is 9.83. The number of hydrogen-bond acceptors (Lipinski definition) is 3. The number of nitrogens with zero attached hydrogens (tertiary/aromatic N) is 2. The summed E-state index contributed by atoms with van der Waals surface area (Å²) in [4.78, 5) is 18.1. The molecule has 5 heteroatoms. The second-order valence-electron chi connectivity index (χ2n) is 5.84. The van der Waals surface area contributed by atoms with Gasteiger partial charge in [-0.05, 0) is 29.9 Å². The molecule has 0 radical (unpaired) electrons. The Kier molecular flexibility index (Phi) is 2.41. The monoisotopic (exact) mass is 271 g/mol. The van der Waals surface area contributed by atoms with Crippen LogP contribution in [-0.4, -0.2) is 29.9 Å². The largest absolute Gasteiger partial charge is 0.385 e. The van der Waals surface area contributed by atoms with E-state index in [0.717, 1.165) is 17.7 Å². The van der Waals surface area contributed by atoms with E-state index < -0.39 is 5.54 Å². The number of hydrogen-bond donors (Lipinski definition) is 1. The number of nitrogens with two attached hydrogens (primary N) is 1. The maximum absolute atomic E-state index is 12.2. The van der Waals surface area contributed by atoms with Crippen molar-refractivity contribution in [2.24, 2.45) is 16.6 Å². The number of carbonyl (C=O) groups is 1. The van der Waals surface area contributed by atoms with Crippen molar-refractivity contribution in [1.29, 1.82) is 0 Å². The lowest BCUT2D eigenvalue weighted by Gasteiger charge is -2.42. The summed E-state index contributed by atoms with van der Waals surface area (Å²) in [6.07, 6.45) is 2.37. The molecule has 2 heterocycles. The predicted octanol–water partition coefficient (Wildman–Crippen LogP) is 1.61. The summed E-state index contributed by atoms with van der Waals surface area (Å²) in [7, 11) is 0. The molecule has 1 spiro atoms. The molecule has 20 heavy (non-hydrogen) atoms. The minimum atomic E-state index is -0.686. The van der Waals surface area contributed by atoms with Crippen LogP contribution in [0.2, 0.25) is 0 Å². The van der Waals surface area contributed by atoms with Crippen molar-refractivity contribution < 1.29 is 9.53 Å². The van der Waals surface area contributed by atoms with Gasteiger partial charge in [-0.15, -0.1) is 0 Å². The highest BCUT2D eigenvalue weighted by molar-refractivity contribution is 6.06. The maximum atomic E-state index is 12.2. The zero-order chi connectivity index (χ0) is 13.7. The lowest BCUT2D eigenvalue weighted by Crippen LogP contribution is -2.57. The van der Waals surface area contributed by atoms with Crippen molar-refractivity contribution in [1.82, 2.24) is 4.90 Å². The van der Waals surface area contributed by atoms with Gasteiger partial charge in [-0.3, -0.25) is 0 Å². The van der Waals surface area contributed by atoms with Crippen LogP contribution in [-0.2, 0) is 16.9 Å². The smallest absolute Gasteiger partial charge is 0.346 e. The average Bonchev–Trinajstić information content (AvgIpc) is 3.24. The van der Waals surface area contributed by atoms with Crippen molar-refractivity contribution in [2.45, 2.75) is 25.0 Å². The number of amides is 2. The second-order valence-corrected chi connectivity index (χ2v) is 5.84. The molecule has 0 saturated heterocycles. The Hall–Kier alpha value is -1.88. The van der Waals surface area contributed by atoms with Crippen molar-refractivity contribution in [2.75, 3.05) is 13.2 Å². The third-order valence-electron chi connectivity index (χ3n) is 4.50. The number of aliphatic imine (C=N–C) groups is 1. The van der Waals surface area contributed by atoms with Crippen molar-refractivity contribution in [3.8, 4) is 0 Å². The first-order valence-corrected chi connectivity index (χ1v) is 7.04. The fourth-order valence-corrected chi connectivity index (χ4v) is 3.22. The molecule has 0 bridgehead atoms. The Balaban J connectivity index is 1.84. The van der Waals surface area contributed by atoms with E-state index in [4.69, 9.17) is 10.5 Å². The summed E-state index contributed by atoms with van der Waals surface area (Å²) < 4.78 is 5.73. The molecule has 3 aliphatic rings. The van der Waals surface area contributed by atoms with E-state index in [0.29, 0.717) is 25.0 Å². The zero-order valence-electron chi connectivity index (χ0n) is 11.2. The Morgan fingerprint density at radius 2 is 2.20 bits per heavy atom. The maximum Gasteiger partial charge on any atom is 0.346 e. The molecular weight excluding hydrogens is 254 g/mol. The van der Waals surface area contributed by atoms with Crippen LogP contribution >= 0.6 is 0 Å². The molecule has 2 N–H and O–H groups in total. The molecule has 1 unspecified atom stereocenters. The highest BCUT2D eigenvalue weighted by Crippen LogP contribution is 2.42. The van der Waals surface area contributed by atoms with E-state index >= 15 is 0 Å². The molecule has 0 aromatic heterocycles. The third kappa shape index (κ3) is 1.53. The van der Waals surface area contributed by atoms with Gasteiger partial charge >= 0.3 is 6.03 Å². The first-order chi connectivity index (χ1) is 9.72. The van der Waals surface area contributed by atoms with Gasteiger partial charge in [0, 0.05) is 6.54 Å². The van der Waals surface area contributed by atoms with E-state index in [2.05, 4.69) is 4.99 Å². The number of fused-ring (bicyclic) bond motifs is 2. The van der Waals surface area contributed by atoms with E-state index in [9.17, 15) is 4.79 Å². The number of ether oxygens (including phenoxy) is 1. The van der Waals surface area contributed by atoms with Gasteiger partial charge in [-0.25, -0.2) is 4.79 Å². The van der Waals surface area contributed by atoms with Gasteiger partial charge in [0.15, 0.2) is 5.54 Å². The molecule has 1 fully saturated rings. The van der Waals surface area contributed by atoms with Crippen LogP contribution in [0.15, 0.2) is 29.3 Å². The quantitative estimate of drug-likeness (QED) is 0.888. The molecule has 1 aliphatic carbocycles. The first kappa shape index (κ1) is 11.9. The van der Waals surface area contributed by atoms with E-state index in [1.807, 2.05) is 29.2 Å². The molecule has 2 aliphatic heterocycles. The Labute approximate surface area is 117 Å². The van der Waals surface area contributed by atoms with Crippen LogP contribution in [0, 0.1) is 5.92 Å². The first-order valence-electron chi connectivity index (χ1n) is 7.04. The van der Waals surface area contributed by atoms with Crippen molar-refractivity contribution in [3.63, 3.8) is 0 Å². The third-order valence-corrected chi connectivity index (χ3v) is 4.50. The SMILES string of the molecule is NC1=NC(=O)N(CC2CC2)C12COCc1ccccc12. The standard InChI is InChI=1S/C15H17N3O2/c16-13-15(18(14(19)17-13)7-10-5-6-10)9-20-8-11-3-1-2-4-12(11)15/h1-4,10H,5-9H2,(H2,16,17,19). The summed E-state index contributed by atoms with van der Waals surface area (Å²) in [5.74, 6) is 0.960. The zero-order valence-corrected chi connectivity index (χ0v) is 11.2. The Bertz CT molecular complexity index is 609. The normalized spacial score (nSPS) is 28.7. The van der Waals surface area contributed by atoms with E-state index in [1.165, 1.54) is 12.8 Å². The number of amidine groups is 1. The lowest BCUT2D eigenvalue weighted by molar-refractivity contribution is 0.0227. The van der Waals surface area contributed by atoms with Crippen LogP contribution in [0.4, 0.5) is 4.79 Å². The number of benzene rings is 1. The van der Waals surface area contributed by atoms with Gasteiger partial charge in [0.05, 0.1) is 13.2 Å². The number of carbonyl (C=O) groups excluding carboxylic acids is 1. The van der Waals surface area contributed by atoms with Gasteiger partial charge in [-0.1, -0.05) is 24.3 Å². The molecular formula is C15H17N3O2. The summed E-state index contributed by atoms with van der Waals surface area (Å²) in [6.45, 7) is 1.69. The molecule has 1 saturated carbocycles. The molecule has 1 aromatic carbocycles. The average molecular weight is 271 g/mol. The highest BCUT2D eigenvalue weighted by atomic mass is 16.5. The van der Waals surface area contributed by atoms with Crippen LogP contribution < -0.4 is 5.73 Å². The minimum Gasteiger partial charge on any atom is -0.385 e. The summed E-state index contributed by atoms with van der Waals surface area (Å²) in [5, 5.41) is 0. The van der Waals surface area contributed by atoms with Crippen LogP contribution in [0.25, 0.3) is 0 Å². The van der Waals surface area contributed by atoms with Gasteiger partial charge in [-0.2, -0.15) is 4.99 Å². The van der Waals surface area contributed by atoms with Crippen LogP contribution in [0.1, 0.15) is 24.0 Å². The number of rotatable bonds is 2. The van der Waals surface area contributed by atoms with E-state index in [1.54, 1.807) is 0 Å².